The van der Waals surface area contributed by atoms with Crippen molar-refractivity contribution in [1.82, 2.24) is 0 Å². The Morgan fingerprint density at radius 1 is 1.47 bits per heavy atom. The van der Waals surface area contributed by atoms with Crippen LogP contribution in [0.15, 0.2) is 18.2 Å². The number of carbonyl (C=O) groups is 1. The summed E-state index contributed by atoms with van der Waals surface area (Å²) >= 11 is 0. The zero-order valence-corrected chi connectivity index (χ0v) is 8.60. The summed E-state index contributed by atoms with van der Waals surface area (Å²) in [6, 6.07) is 5.03. The molecule has 1 unspecified atom stereocenters. The predicted molar refractivity (Wildman–Crippen MR) is 56.9 cm³/mol. The fraction of sp³-hybridized carbons (Fsp3) is 0.364. The number of hydrogen-bond donors (Lipinski definition) is 3. The second-order valence-corrected chi connectivity index (χ2v) is 3.63. The van der Waals surface area contributed by atoms with Crippen molar-refractivity contribution in [3.63, 3.8) is 0 Å². The van der Waals surface area contributed by atoms with E-state index >= 15 is 0 Å². The second kappa shape index (κ2) is 4.79. The summed E-state index contributed by atoms with van der Waals surface area (Å²) in [5, 5.41) is 18.1. The number of nitrogens with two attached hydrogens (primary N) is 1. The van der Waals surface area contributed by atoms with Crippen LogP contribution in [0.3, 0.4) is 0 Å². The minimum atomic E-state index is -0.883. The van der Waals surface area contributed by atoms with Gasteiger partial charge in [0.25, 0.3) is 0 Å². The third-order valence-corrected chi connectivity index (χ3v) is 2.26. The van der Waals surface area contributed by atoms with Gasteiger partial charge in [-0.15, -0.1) is 0 Å². The zero-order chi connectivity index (χ0) is 11.4. The summed E-state index contributed by atoms with van der Waals surface area (Å²) < 4.78 is 0. The highest BCUT2D eigenvalue weighted by Gasteiger charge is 2.14. The first-order valence-corrected chi connectivity index (χ1v) is 4.75. The molecule has 0 radical (unpaired) electrons. The Kier molecular flexibility index (Phi) is 3.68. The quantitative estimate of drug-likeness (QED) is 0.696. The van der Waals surface area contributed by atoms with Crippen LogP contribution in [0.5, 0.6) is 5.75 Å². The van der Waals surface area contributed by atoms with Gasteiger partial charge in [-0.2, -0.15) is 0 Å². The van der Waals surface area contributed by atoms with E-state index in [-0.39, 0.29) is 24.6 Å². The van der Waals surface area contributed by atoms with Crippen molar-refractivity contribution >= 4 is 5.97 Å². The van der Waals surface area contributed by atoms with Crippen molar-refractivity contribution in [3.8, 4) is 5.75 Å². The maximum atomic E-state index is 10.6. The van der Waals surface area contributed by atoms with Crippen LogP contribution in [-0.2, 0) is 4.79 Å². The van der Waals surface area contributed by atoms with Crippen LogP contribution in [0.4, 0.5) is 0 Å². The third kappa shape index (κ3) is 3.25. The lowest BCUT2D eigenvalue weighted by Crippen LogP contribution is -2.16. The number of phenolic OH excluding ortho intramolecular Hbond substituents is 1. The van der Waals surface area contributed by atoms with E-state index in [1.165, 1.54) is 0 Å². The first-order valence-electron chi connectivity index (χ1n) is 4.75. The molecule has 4 heteroatoms. The van der Waals surface area contributed by atoms with Crippen LogP contribution < -0.4 is 5.73 Å². The molecule has 0 spiro atoms. The Bertz CT molecular complexity index is 343. The van der Waals surface area contributed by atoms with Crippen molar-refractivity contribution in [3.05, 3.63) is 29.3 Å². The minimum Gasteiger partial charge on any atom is -0.508 e. The molecule has 4 nitrogen and oxygen atoms in total. The fourth-order valence-corrected chi connectivity index (χ4v) is 1.58. The van der Waals surface area contributed by atoms with Crippen LogP contribution in [0, 0.1) is 6.92 Å². The van der Waals surface area contributed by atoms with Gasteiger partial charge in [-0.1, -0.05) is 6.07 Å². The number of aromatic hydroxyl groups is 1. The van der Waals surface area contributed by atoms with Crippen LogP contribution >= 0.6 is 0 Å². The van der Waals surface area contributed by atoms with Gasteiger partial charge in [0.2, 0.25) is 0 Å². The average Bonchev–Trinajstić information content (AvgIpc) is 2.12. The molecule has 1 atom stereocenters. The van der Waals surface area contributed by atoms with Crippen molar-refractivity contribution in [2.75, 3.05) is 6.54 Å². The Hall–Kier alpha value is -1.55. The average molecular weight is 209 g/mol. The topological polar surface area (TPSA) is 83.5 Å². The molecule has 0 aliphatic heterocycles. The molecule has 0 amide bonds. The molecule has 0 aromatic heterocycles. The standard InChI is InChI=1S/C11H15NO3/c1-7-2-8(4-10(13)3-7)9(6-12)5-11(14)15/h2-4,9,13H,5-6,12H2,1H3,(H,14,15). The van der Waals surface area contributed by atoms with E-state index < -0.39 is 5.97 Å². The van der Waals surface area contributed by atoms with Gasteiger partial charge < -0.3 is 15.9 Å². The smallest absolute Gasteiger partial charge is 0.304 e. The Morgan fingerprint density at radius 3 is 2.60 bits per heavy atom. The third-order valence-electron chi connectivity index (χ3n) is 2.26. The number of benzene rings is 1. The SMILES string of the molecule is Cc1cc(O)cc(C(CN)CC(=O)O)c1. The number of aryl methyl sites for hydroxylation is 1. The van der Waals surface area contributed by atoms with Crippen LogP contribution in [0.25, 0.3) is 0 Å². The number of aliphatic carboxylic acids is 1. The molecule has 0 saturated heterocycles. The van der Waals surface area contributed by atoms with Crippen molar-refractivity contribution < 1.29 is 15.0 Å². The molecule has 1 aromatic carbocycles. The van der Waals surface area contributed by atoms with Crippen LogP contribution in [0.2, 0.25) is 0 Å². The van der Waals surface area contributed by atoms with Crippen molar-refractivity contribution in [1.29, 1.82) is 0 Å². The first kappa shape index (κ1) is 11.5. The molecule has 4 N–H and O–H groups in total. The molecule has 0 heterocycles. The Morgan fingerprint density at radius 2 is 2.13 bits per heavy atom. The van der Waals surface area contributed by atoms with Gasteiger partial charge in [-0.3, -0.25) is 4.79 Å². The van der Waals surface area contributed by atoms with E-state index in [2.05, 4.69) is 0 Å². The molecule has 0 fully saturated rings. The summed E-state index contributed by atoms with van der Waals surface area (Å²) in [5.41, 5.74) is 7.18. The summed E-state index contributed by atoms with van der Waals surface area (Å²) in [4.78, 5) is 10.6. The van der Waals surface area contributed by atoms with Crippen LogP contribution in [0.1, 0.15) is 23.5 Å². The van der Waals surface area contributed by atoms with E-state index in [4.69, 9.17) is 10.8 Å². The second-order valence-electron chi connectivity index (χ2n) is 3.63. The molecule has 0 bridgehead atoms. The maximum Gasteiger partial charge on any atom is 0.304 e. The summed E-state index contributed by atoms with van der Waals surface area (Å²) in [6.45, 7) is 2.10. The van der Waals surface area contributed by atoms with E-state index in [9.17, 15) is 9.90 Å². The van der Waals surface area contributed by atoms with Crippen molar-refractivity contribution in [2.45, 2.75) is 19.3 Å². The zero-order valence-electron chi connectivity index (χ0n) is 8.60. The highest BCUT2D eigenvalue weighted by atomic mass is 16.4. The van der Waals surface area contributed by atoms with E-state index in [0.717, 1.165) is 11.1 Å². The summed E-state index contributed by atoms with van der Waals surface area (Å²) in [7, 11) is 0. The number of carboxylic acid groups (broad SMARTS) is 1. The number of rotatable bonds is 4. The molecule has 1 rings (SSSR count). The summed E-state index contributed by atoms with van der Waals surface area (Å²) in [5.74, 6) is -0.978. The molecule has 1 aromatic rings. The monoisotopic (exact) mass is 209 g/mol. The predicted octanol–water partition coefficient (Wildman–Crippen LogP) is 1.22. The first-order chi connectivity index (χ1) is 7.02. The largest absolute Gasteiger partial charge is 0.508 e. The molecule has 0 aliphatic rings. The van der Waals surface area contributed by atoms with Gasteiger partial charge in [0.1, 0.15) is 5.75 Å². The molecular formula is C11H15NO3. The lowest BCUT2D eigenvalue weighted by atomic mass is 9.94. The molecule has 0 saturated carbocycles. The Labute approximate surface area is 88.3 Å². The Balaban J connectivity index is 2.95. The highest BCUT2D eigenvalue weighted by molar-refractivity contribution is 5.68. The molecule has 82 valence electrons. The molecular weight excluding hydrogens is 194 g/mol. The number of hydrogen-bond acceptors (Lipinski definition) is 3. The van der Waals surface area contributed by atoms with E-state index in [1.807, 2.05) is 13.0 Å². The molecule has 0 aliphatic carbocycles. The van der Waals surface area contributed by atoms with Gasteiger partial charge in [0.05, 0.1) is 6.42 Å². The highest BCUT2D eigenvalue weighted by Crippen LogP contribution is 2.24. The lowest BCUT2D eigenvalue weighted by molar-refractivity contribution is -0.137. The van der Waals surface area contributed by atoms with Gasteiger partial charge in [-0.25, -0.2) is 0 Å². The normalized spacial score (nSPS) is 12.4. The van der Waals surface area contributed by atoms with E-state index in [0.29, 0.717) is 0 Å². The lowest BCUT2D eigenvalue weighted by Gasteiger charge is -2.13. The minimum absolute atomic E-state index is 0.0145. The van der Waals surface area contributed by atoms with Gasteiger partial charge in [-0.05, 0) is 36.7 Å². The number of phenols is 1. The van der Waals surface area contributed by atoms with Gasteiger partial charge >= 0.3 is 5.97 Å². The van der Waals surface area contributed by atoms with Crippen LogP contribution in [-0.4, -0.2) is 22.7 Å². The van der Waals surface area contributed by atoms with Gasteiger partial charge in [0, 0.05) is 5.92 Å². The van der Waals surface area contributed by atoms with E-state index in [1.54, 1.807) is 12.1 Å². The molecule has 15 heavy (non-hydrogen) atoms. The van der Waals surface area contributed by atoms with Gasteiger partial charge in [0.15, 0.2) is 0 Å². The summed E-state index contributed by atoms with van der Waals surface area (Å²) in [6.07, 6.45) is -0.0145. The number of carboxylic acids is 1. The van der Waals surface area contributed by atoms with Crippen molar-refractivity contribution in [2.24, 2.45) is 5.73 Å². The fourth-order valence-electron chi connectivity index (χ4n) is 1.58. The maximum absolute atomic E-state index is 10.6.